The van der Waals surface area contributed by atoms with E-state index < -0.39 is 23.2 Å². The summed E-state index contributed by atoms with van der Waals surface area (Å²) in [6.07, 6.45) is 0. The summed E-state index contributed by atoms with van der Waals surface area (Å²) in [5, 5.41) is 0. The van der Waals surface area contributed by atoms with Gasteiger partial charge in [-0.3, -0.25) is 9.36 Å². The van der Waals surface area contributed by atoms with E-state index in [2.05, 4.69) is 4.98 Å². The Morgan fingerprint density at radius 1 is 0.926 bits per heavy atom. The molecule has 0 aliphatic heterocycles. The predicted molar refractivity (Wildman–Crippen MR) is 97.8 cm³/mol. The molecule has 134 valence electrons. The van der Waals surface area contributed by atoms with Gasteiger partial charge >= 0.3 is 5.69 Å². The normalized spacial score (nSPS) is 11.0. The lowest BCUT2D eigenvalue weighted by molar-refractivity contribution is 0.100. The number of primary amides is 1. The first-order valence-corrected chi connectivity index (χ1v) is 8.04. The van der Waals surface area contributed by atoms with Gasteiger partial charge in [-0.25, -0.2) is 13.6 Å². The highest BCUT2D eigenvalue weighted by Gasteiger charge is 2.12. The third-order valence-electron chi connectivity index (χ3n) is 4.27. The Labute approximate surface area is 151 Å². The first kappa shape index (κ1) is 16.7. The monoisotopic (exact) mass is 365 g/mol. The number of nitrogens with one attached hydrogen (secondary N) is 1. The van der Waals surface area contributed by atoms with Crippen molar-refractivity contribution in [1.29, 1.82) is 0 Å². The van der Waals surface area contributed by atoms with Gasteiger partial charge in [0, 0.05) is 11.6 Å². The van der Waals surface area contributed by atoms with Crippen LogP contribution in [0.3, 0.4) is 0 Å². The fraction of sp³-hybridized carbons (Fsp3) is 0. The molecule has 4 aromatic rings. The molecule has 0 saturated heterocycles. The number of rotatable bonds is 3. The summed E-state index contributed by atoms with van der Waals surface area (Å²) in [5.41, 5.74) is 7.55. The number of benzene rings is 3. The molecule has 0 radical (unpaired) electrons. The fourth-order valence-corrected chi connectivity index (χ4v) is 3.06. The highest BCUT2D eigenvalue weighted by atomic mass is 19.1. The van der Waals surface area contributed by atoms with Gasteiger partial charge in [-0.2, -0.15) is 0 Å². The van der Waals surface area contributed by atoms with Crippen molar-refractivity contribution >= 4 is 16.9 Å². The Kier molecular flexibility index (Phi) is 3.84. The van der Waals surface area contributed by atoms with E-state index in [0.717, 1.165) is 6.07 Å². The van der Waals surface area contributed by atoms with E-state index in [-0.39, 0.29) is 5.56 Å². The third-order valence-corrected chi connectivity index (χ3v) is 4.27. The van der Waals surface area contributed by atoms with Crippen LogP contribution in [0.5, 0.6) is 0 Å². The van der Waals surface area contributed by atoms with Gasteiger partial charge in [-0.05, 0) is 53.6 Å². The summed E-state index contributed by atoms with van der Waals surface area (Å²) in [5.74, 6) is -1.99. The first-order chi connectivity index (χ1) is 12.9. The van der Waals surface area contributed by atoms with Crippen LogP contribution in [0.4, 0.5) is 8.78 Å². The van der Waals surface area contributed by atoms with Crippen molar-refractivity contribution in [2.24, 2.45) is 5.73 Å². The lowest BCUT2D eigenvalue weighted by Gasteiger charge is -2.08. The van der Waals surface area contributed by atoms with Crippen molar-refractivity contribution in [3.8, 4) is 16.8 Å². The number of aromatic amines is 1. The number of nitrogens with zero attached hydrogens (tertiary/aromatic N) is 1. The van der Waals surface area contributed by atoms with E-state index in [9.17, 15) is 18.4 Å². The van der Waals surface area contributed by atoms with Crippen molar-refractivity contribution in [1.82, 2.24) is 9.55 Å². The molecule has 1 aromatic heterocycles. The van der Waals surface area contributed by atoms with E-state index in [1.54, 1.807) is 30.3 Å². The quantitative estimate of drug-likeness (QED) is 0.584. The number of nitrogens with two attached hydrogens (primary N) is 1. The molecular formula is C20H13F2N3O2. The van der Waals surface area contributed by atoms with E-state index in [0.29, 0.717) is 27.8 Å². The third kappa shape index (κ3) is 2.99. The molecule has 1 heterocycles. The Morgan fingerprint density at radius 2 is 1.67 bits per heavy atom. The Bertz CT molecular complexity index is 1240. The Hall–Kier alpha value is -3.74. The molecule has 0 spiro atoms. The minimum absolute atomic E-state index is 0.263. The number of hydrogen-bond acceptors (Lipinski definition) is 2. The molecule has 0 bridgehead atoms. The standard InChI is InChI=1S/C20H13F2N3O2/c21-14-6-13(7-15(22)10-14)11-2-1-3-16(8-11)25-18-9-12(19(23)26)4-5-17(18)24-20(25)27/h1-10H,(H2,23,26)(H,24,27). The summed E-state index contributed by atoms with van der Waals surface area (Å²) in [7, 11) is 0. The van der Waals surface area contributed by atoms with Crippen molar-refractivity contribution in [2.75, 3.05) is 0 Å². The van der Waals surface area contributed by atoms with Gasteiger partial charge in [0.15, 0.2) is 0 Å². The second-order valence-electron chi connectivity index (χ2n) is 6.07. The molecular weight excluding hydrogens is 352 g/mol. The Balaban J connectivity index is 1.92. The highest BCUT2D eigenvalue weighted by Crippen LogP contribution is 2.25. The summed E-state index contributed by atoms with van der Waals surface area (Å²) in [4.78, 5) is 26.6. The molecule has 5 nitrogen and oxygen atoms in total. The van der Waals surface area contributed by atoms with Crippen LogP contribution in [-0.2, 0) is 0 Å². The van der Waals surface area contributed by atoms with Crippen molar-refractivity contribution in [2.45, 2.75) is 0 Å². The summed E-state index contributed by atoms with van der Waals surface area (Å²) in [6.45, 7) is 0. The number of H-pyrrole nitrogens is 1. The van der Waals surface area contributed by atoms with Crippen molar-refractivity contribution in [3.63, 3.8) is 0 Å². The maximum Gasteiger partial charge on any atom is 0.331 e. The van der Waals surface area contributed by atoms with Gasteiger partial charge in [0.2, 0.25) is 5.91 Å². The zero-order valence-electron chi connectivity index (χ0n) is 13.9. The number of carbonyl (C=O) groups is 1. The molecule has 4 rings (SSSR count). The largest absolute Gasteiger partial charge is 0.366 e. The average Bonchev–Trinajstić information content (AvgIpc) is 2.95. The number of amides is 1. The van der Waals surface area contributed by atoms with Crippen LogP contribution < -0.4 is 11.4 Å². The first-order valence-electron chi connectivity index (χ1n) is 8.04. The summed E-state index contributed by atoms with van der Waals surface area (Å²) in [6, 6.07) is 14.5. The van der Waals surface area contributed by atoms with Crippen molar-refractivity contribution in [3.05, 3.63) is 88.3 Å². The lowest BCUT2D eigenvalue weighted by Crippen LogP contribution is -2.15. The van der Waals surface area contributed by atoms with E-state index in [1.165, 1.54) is 28.8 Å². The minimum atomic E-state index is -0.689. The molecule has 0 aliphatic carbocycles. The van der Waals surface area contributed by atoms with Crippen molar-refractivity contribution < 1.29 is 13.6 Å². The Morgan fingerprint density at radius 3 is 2.37 bits per heavy atom. The maximum atomic E-state index is 13.5. The zero-order chi connectivity index (χ0) is 19.1. The van der Waals surface area contributed by atoms with Gasteiger partial charge in [-0.1, -0.05) is 12.1 Å². The molecule has 0 aliphatic rings. The lowest BCUT2D eigenvalue weighted by atomic mass is 10.0. The van der Waals surface area contributed by atoms with E-state index in [4.69, 9.17) is 5.73 Å². The minimum Gasteiger partial charge on any atom is -0.366 e. The summed E-state index contributed by atoms with van der Waals surface area (Å²) < 4.78 is 28.4. The van der Waals surface area contributed by atoms with Gasteiger partial charge in [0.1, 0.15) is 11.6 Å². The van der Waals surface area contributed by atoms with Crippen LogP contribution in [0.1, 0.15) is 10.4 Å². The smallest absolute Gasteiger partial charge is 0.331 e. The van der Waals surface area contributed by atoms with Gasteiger partial charge in [0.05, 0.1) is 16.7 Å². The number of hydrogen-bond donors (Lipinski definition) is 2. The van der Waals surface area contributed by atoms with Gasteiger partial charge < -0.3 is 10.7 Å². The van der Waals surface area contributed by atoms with Crippen LogP contribution in [0.15, 0.2) is 65.5 Å². The molecule has 27 heavy (non-hydrogen) atoms. The molecule has 0 saturated carbocycles. The highest BCUT2D eigenvalue weighted by molar-refractivity contribution is 5.96. The molecule has 7 heteroatoms. The van der Waals surface area contributed by atoms with Crippen LogP contribution in [0.25, 0.3) is 27.8 Å². The fourth-order valence-electron chi connectivity index (χ4n) is 3.06. The predicted octanol–water partition coefficient (Wildman–Crippen LogP) is 3.36. The van der Waals surface area contributed by atoms with Crippen LogP contribution in [-0.4, -0.2) is 15.5 Å². The van der Waals surface area contributed by atoms with Gasteiger partial charge in [0.25, 0.3) is 0 Å². The van der Waals surface area contributed by atoms with Crippen LogP contribution in [0, 0.1) is 11.6 Å². The molecule has 1 amide bonds. The van der Waals surface area contributed by atoms with Gasteiger partial charge in [-0.15, -0.1) is 0 Å². The maximum absolute atomic E-state index is 13.5. The number of fused-ring (bicyclic) bond motifs is 1. The molecule has 0 fully saturated rings. The average molecular weight is 365 g/mol. The number of carbonyl (C=O) groups excluding carboxylic acids is 1. The molecule has 0 atom stereocenters. The SMILES string of the molecule is NC(=O)c1ccc2[nH]c(=O)n(-c3cccc(-c4cc(F)cc(F)c4)c3)c2c1. The van der Waals surface area contributed by atoms with Crippen LogP contribution >= 0.6 is 0 Å². The van der Waals surface area contributed by atoms with E-state index in [1.807, 2.05) is 0 Å². The molecule has 3 N–H and O–H groups in total. The van der Waals surface area contributed by atoms with E-state index >= 15 is 0 Å². The topological polar surface area (TPSA) is 80.9 Å². The van der Waals surface area contributed by atoms with Crippen LogP contribution in [0.2, 0.25) is 0 Å². The second-order valence-corrected chi connectivity index (χ2v) is 6.07. The number of imidazole rings is 1. The summed E-state index contributed by atoms with van der Waals surface area (Å²) >= 11 is 0. The molecule has 3 aromatic carbocycles. The second kappa shape index (κ2) is 6.21. The zero-order valence-corrected chi connectivity index (χ0v) is 13.9. The molecule has 0 unspecified atom stereocenters. The number of aromatic nitrogens is 2. The number of halogens is 2.